The SMILES string of the molecule is COC(=O)Cc1ccc(O)c2c1CC(N)C2. The number of ether oxygens (including phenoxy) is 1. The molecular formula is C12H15NO3. The molecule has 16 heavy (non-hydrogen) atoms. The van der Waals surface area contributed by atoms with E-state index < -0.39 is 0 Å². The predicted molar refractivity (Wildman–Crippen MR) is 59.2 cm³/mol. The first kappa shape index (κ1) is 11.0. The van der Waals surface area contributed by atoms with Crippen LogP contribution in [0.1, 0.15) is 16.7 Å². The van der Waals surface area contributed by atoms with Gasteiger partial charge in [-0.3, -0.25) is 4.79 Å². The predicted octanol–water partition coefficient (Wildman–Crippen LogP) is 0.534. The Hall–Kier alpha value is -1.55. The lowest BCUT2D eigenvalue weighted by Crippen LogP contribution is -2.19. The molecule has 86 valence electrons. The quantitative estimate of drug-likeness (QED) is 0.715. The largest absolute Gasteiger partial charge is 0.508 e. The maximum absolute atomic E-state index is 11.2. The van der Waals surface area contributed by atoms with Crippen LogP contribution in [0.25, 0.3) is 0 Å². The Morgan fingerprint density at radius 2 is 2.19 bits per heavy atom. The van der Waals surface area contributed by atoms with Crippen molar-refractivity contribution in [2.24, 2.45) is 5.73 Å². The minimum absolute atomic E-state index is 0.0414. The molecule has 3 N–H and O–H groups in total. The van der Waals surface area contributed by atoms with E-state index in [1.165, 1.54) is 7.11 Å². The van der Waals surface area contributed by atoms with E-state index in [4.69, 9.17) is 5.73 Å². The maximum Gasteiger partial charge on any atom is 0.309 e. The van der Waals surface area contributed by atoms with Crippen LogP contribution in [0.5, 0.6) is 5.75 Å². The van der Waals surface area contributed by atoms with Crippen LogP contribution >= 0.6 is 0 Å². The molecule has 1 aromatic rings. The standard InChI is InChI=1S/C12H15NO3/c1-16-12(15)4-7-2-3-11(14)10-6-8(13)5-9(7)10/h2-3,8,14H,4-6,13H2,1H3. The number of rotatable bonds is 2. The highest BCUT2D eigenvalue weighted by Gasteiger charge is 2.24. The number of carbonyl (C=O) groups excluding carboxylic acids is 1. The zero-order valence-electron chi connectivity index (χ0n) is 9.19. The minimum atomic E-state index is -0.270. The molecule has 0 fully saturated rings. The molecule has 1 unspecified atom stereocenters. The Kier molecular flexibility index (Phi) is 2.83. The molecule has 0 spiro atoms. The molecule has 0 heterocycles. The van der Waals surface area contributed by atoms with E-state index >= 15 is 0 Å². The van der Waals surface area contributed by atoms with E-state index in [9.17, 15) is 9.90 Å². The van der Waals surface area contributed by atoms with Gasteiger partial charge in [-0.2, -0.15) is 0 Å². The third kappa shape index (κ3) is 1.88. The molecule has 1 aliphatic rings. The van der Waals surface area contributed by atoms with Crippen LogP contribution in [0.3, 0.4) is 0 Å². The number of methoxy groups -OCH3 is 1. The number of hydrogen-bond donors (Lipinski definition) is 2. The fraction of sp³-hybridized carbons (Fsp3) is 0.417. The molecule has 0 aliphatic heterocycles. The summed E-state index contributed by atoms with van der Waals surface area (Å²) in [7, 11) is 1.37. The molecule has 0 amide bonds. The molecule has 0 saturated heterocycles. The van der Waals surface area contributed by atoms with Gasteiger partial charge in [0, 0.05) is 6.04 Å². The number of hydrogen-bond acceptors (Lipinski definition) is 4. The number of aromatic hydroxyl groups is 1. The van der Waals surface area contributed by atoms with E-state index in [2.05, 4.69) is 4.74 Å². The van der Waals surface area contributed by atoms with Crippen molar-refractivity contribution in [3.63, 3.8) is 0 Å². The summed E-state index contributed by atoms with van der Waals surface area (Å²) >= 11 is 0. The van der Waals surface area contributed by atoms with Gasteiger partial charge in [0.25, 0.3) is 0 Å². The molecule has 0 saturated carbocycles. The summed E-state index contributed by atoms with van der Waals surface area (Å²) in [6.07, 6.45) is 1.64. The van der Waals surface area contributed by atoms with Crippen molar-refractivity contribution < 1.29 is 14.6 Å². The van der Waals surface area contributed by atoms with Gasteiger partial charge in [0.15, 0.2) is 0 Å². The van der Waals surface area contributed by atoms with Gasteiger partial charge in [0.1, 0.15) is 5.75 Å². The summed E-state index contributed by atoms with van der Waals surface area (Å²) in [5.41, 5.74) is 8.66. The Bertz CT molecular complexity index is 429. The summed E-state index contributed by atoms with van der Waals surface area (Å²) in [5.74, 6) is 0.00456. The Balaban J connectivity index is 2.35. The second-order valence-corrected chi connectivity index (χ2v) is 4.12. The van der Waals surface area contributed by atoms with Gasteiger partial charge in [-0.05, 0) is 35.6 Å². The summed E-state index contributed by atoms with van der Waals surface area (Å²) in [6.45, 7) is 0. The molecule has 4 heteroatoms. The number of carbonyl (C=O) groups is 1. The molecule has 4 nitrogen and oxygen atoms in total. The fourth-order valence-electron chi connectivity index (χ4n) is 2.20. The van der Waals surface area contributed by atoms with E-state index in [1.807, 2.05) is 0 Å². The fourth-order valence-corrected chi connectivity index (χ4v) is 2.20. The monoisotopic (exact) mass is 221 g/mol. The molecular weight excluding hydrogens is 206 g/mol. The molecule has 1 aromatic carbocycles. The second kappa shape index (κ2) is 4.14. The number of nitrogens with two attached hydrogens (primary N) is 1. The molecule has 2 rings (SSSR count). The second-order valence-electron chi connectivity index (χ2n) is 4.12. The first-order chi connectivity index (χ1) is 7.61. The van der Waals surface area contributed by atoms with Crippen LogP contribution in [0.15, 0.2) is 12.1 Å². The van der Waals surface area contributed by atoms with Crippen LogP contribution in [0, 0.1) is 0 Å². The van der Waals surface area contributed by atoms with Gasteiger partial charge in [0.05, 0.1) is 13.5 Å². The van der Waals surface area contributed by atoms with Gasteiger partial charge in [-0.25, -0.2) is 0 Å². The summed E-state index contributed by atoms with van der Waals surface area (Å²) < 4.78 is 4.64. The van der Waals surface area contributed by atoms with Crippen molar-refractivity contribution in [3.8, 4) is 5.75 Å². The smallest absolute Gasteiger partial charge is 0.309 e. The molecule has 0 bridgehead atoms. The first-order valence-corrected chi connectivity index (χ1v) is 5.26. The van der Waals surface area contributed by atoms with E-state index in [0.717, 1.165) is 23.1 Å². The number of benzene rings is 1. The van der Waals surface area contributed by atoms with Crippen molar-refractivity contribution >= 4 is 5.97 Å². The van der Waals surface area contributed by atoms with Crippen LogP contribution in [-0.4, -0.2) is 24.2 Å². The first-order valence-electron chi connectivity index (χ1n) is 5.26. The number of phenolic OH excluding ortho intramolecular Hbond substituents is 1. The van der Waals surface area contributed by atoms with Crippen molar-refractivity contribution in [3.05, 3.63) is 28.8 Å². The van der Waals surface area contributed by atoms with Crippen molar-refractivity contribution in [1.29, 1.82) is 0 Å². The molecule has 1 aliphatic carbocycles. The summed E-state index contributed by atoms with van der Waals surface area (Å²) in [4.78, 5) is 11.2. The molecule has 0 radical (unpaired) electrons. The maximum atomic E-state index is 11.2. The molecule has 1 atom stereocenters. The summed E-state index contributed by atoms with van der Waals surface area (Å²) in [5, 5.41) is 9.69. The van der Waals surface area contributed by atoms with Crippen LogP contribution in [0.2, 0.25) is 0 Å². The van der Waals surface area contributed by atoms with Crippen molar-refractivity contribution in [2.45, 2.75) is 25.3 Å². The van der Waals surface area contributed by atoms with Gasteiger partial charge in [-0.15, -0.1) is 0 Å². The van der Waals surface area contributed by atoms with Gasteiger partial charge in [-0.1, -0.05) is 6.07 Å². The van der Waals surface area contributed by atoms with Gasteiger partial charge >= 0.3 is 5.97 Å². The zero-order valence-corrected chi connectivity index (χ0v) is 9.19. The normalized spacial score (nSPS) is 18.2. The number of fused-ring (bicyclic) bond motifs is 1. The highest BCUT2D eigenvalue weighted by molar-refractivity contribution is 5.73. The number of phenols is 1. The lowest BCUT2D eigenvalue weighted by Gasteiger charge is -2.08. The van der Waals surface area contributed by atoms with Crippen molar-refractivity contribution in [2.75, 3.05) is 7.11 Å². The minimum Gasteiger partial charge on any atom is -0.508 e. The summed E-state index contributed by atoms with van der Waals surface area (Å²) in [6, 6.07) is 3.43. The van der Waals surface area contributed by atoms with E-state index in [1.54, 1.807) is 12.1 Å². The van der Waals surface area contributed by atoms with Gasteiger partial charge < -0.3 is 15.6 Å². The third-order valence-electron chi connectivity index (χ3n) is 3.00. The van der Waals surface area contributed by atoms with Crippen LogP contribution in [-0.2, 0) is 28.8 Å². The Labute approximate surface area is 94.0 Å². The lowest BCUT2D eigenvalue weighted by molar-refractivity contribution is -0.139. The molecule has 0 aromatic heterocycles. The van der Waals surface area contributed by atoms with Crippen LogP contribution in [0.4, 0.5) is 0 Å². The van der Waals surface area contributed by atoms with Gasteiger partial charge in [0.2, 0.25) is 0 Å². The Morgan fingerprint density at radius 1 is 1.50 bits per heavy atom. The average Bonchev–Trinajstić information content (AvgIpc) is 2.65. The average molecular weight is 221 g/mol. The van der Waals surface area contributed by atoms with Crippen molar-refractivity contribution in [1.82, 2.24) is 0 Å². The van der Waals surface area contributed by atoms with E-state index in [0.29, 0.717) is 6.42 Å². The van der Waals surface area contributed by atoms with E-state index in [-0.39, 0.29) is 24.2 Å². The Morgan fingerprint density at radius 3 is 2.88 bits per heavy atom. The number of esters is 1. The third-order valence-corrected chi connectivity index (χ3v) is 3.00. The highest BCUT2D eigenvalue weighted by Crippen LogP contribution is 2.32. The van der Waals surface area contributed by atoms with Crippen LogP contribution < -0.4 is 5.73 Å². The highest BCUT2D eigenvalue weighted by atomic mass is 16.5. The zero-order chi connectivity index (χ0) is 11.7. The lowest BCUT2D eigenvalue weighted by atomic mass is 10.00. The topological polar surface area (TPSA) is 72.5 Å².